The van der Waals surface area contributed by atoms with Crippen LogP contribution in [0.1, 0.15) is 32.6 Å². The van der Waals surface area contributed by atoms with Gasteiger partial charge in [0.05, 0.1) is 17.7 Å². The molecule has 1 N–H and O–H groups in total. The van der Waals surface area contributed by atoms with E-state index in [1.807, 2.05) is 13.0 Å². The highest BCUT2D eigenvalue weighted by Gasteiger charge is 2.36. The van der Waals surface area contributed by atoms with Crippen LogP contribution >= 0.6 is 0 Å². The molecule has 0 saturated heterocycles. The van der Waals surface area contributed by atoms with Crippen LogP contribution in [0.5, 0.6) is 0 Å². The Hall–Kier alpha value is -0.600. The van der Waals surface area contributed by atoms with Crippen molar-refractivity contribution in [3.05, 3.63) is 0 Å². The van der Waals surface area contributed by atoms with Gasteiger partial charge in [-0.25, -0.2) is 13.1 Å². The summed E-state index contributed by atoms with van der Waals surface area (Å²) >= 11 is 0. The molecule has 0 aliphatic heterocycles. The van der Waals surface area contributed by atoms with Crippen molar-refractivity contribution in [2.24, 2.45) is 0 Å². The molecule has 0 amide bonds. The lowest BCUT2D eigenvalue weighted by Crippen LogP contribution is -2.36. The summed E-state index contributed by atoms with van der Waals surface area (Å²) in [5, 5.41) is 8.24. The van der Waals surface area contributed by atoms with Gasteiger partial charge in [-0.05, 0) is 19.3 Å². The van der Waals surface area contributed by atoms with Gasteiger partial charge in [0, 0.05) is 6.04 Å². The third-order valence-corrected chi connectivity index (χ3v) is 4.14. The van der Waals surface area contributed by atoms with E-state index in [1.165, 1.54) is 0 Å². The van der Waals surface area contributed by atoms with Crippen molar-refractivity contribution < 1.29 is 8.42 Å². The Bertz CT molecular complexity index is 301. The van der Waals surface area contributed by atoms with Gasteiger partial charge in [-0.15, -0.1) is 0 Å². The summed E-state index contributed by atoms with van der Waals surface area (Å²) in [7, 11) is -3.12. The van der Waals surface area contributed by atoms with E-state index in [9.17, 15) is 8.42 Å². The molecule has 0 bridgehead atoms. The minimum atomic E-state index is -3.12. The quantitative estimate of drug-likeness (QED) is 0.715. The fraction of sp³-hybridized carbons (Fsp3) is 0.875. The van der Waals surface area contributed by atoms with Crippen molar-refractivity contribution in [2.45, 2.75) is 43.9 Å². The van der Waals surface area contributed by atoms with Gasteiger partial charge in [0.25, 0.3) is 0 Å². The minimum Gasteiger partial charge on any atom is -0.212 e. The molecule has 0 heterocycles. The highest BCUT2D eigenvalue weighted by atomic mass is 32.2. The smallest absolute Gasteiger partial charge is 0.212 e. The van der Waals surface area contributed by atoms with Crippen LogP contribution in [-0.4, -0.2) is 19.7 Å². The van der Waals surface area contributed by atoms with Gasteiger partial charge in [-0.3, -0.25) is 0 Å². The molecule has 5 heteroatoms. The van der Waals surface area contributed by atoms with Crippen LogP contribution in [0.3, 0.4) is 0 Å². The van der Waals surface area contributed by atoms with Gasteiger partial charge in [-0.2, -0.15) is 5.26 Å². The van der Waals surface area contributed by atoms with Crippen LogP contribution in [-0.2, 0) is 10.0 Å². The second kappa shape index (κ2) is 4.07. The van der Waals surface area contributed by atoms with Gasteiger partial charge in [0.1, 0.15) is 0 Å². The molecule has 1 aliphatic rings. The summed E-state index contributed by atoms with van der Waals surface area (Å²) < 4.78 is 25.4. The lowest BCUT2D eigenvalue weighted by atomic mass is 10.2. The molecule has 0 aromatic rings. The van der Waals surface area contributed by atoms with Crippen LogP contribution in [0.4, 0.5) is 0 Å². The van der Waals surface area contributed by atoms with E-state index in [0.29, 0.717) is 6.42 Å². The maximum absolute atomic E-state index is 11.4. The number of rotatable bonds is 5. The van der Waals surface area contributed by atoms with Gasteiger partial charge in [0.2, 0.25) is 10.0 Å². The molecule has 1 fully saturated rings. The van der Waals surface area contributed by atoms with Crippen molar-refractivity contribution in [2.75, 3.05) is 0 Å². The van der Waals surface area contributed by atoms with Crippen molar-refractivity contribution in [3.63, 3.8) is 0 Å². The number of hydrogen-bond acceptors (Lipinski definition) is 3. The predicted octanol–water partition coefficient (Wildman–Crippen LogP) is 0.760. The lowest BCUT2D eigenvalue weighted by molar-refractivity contribution is 0.542. The minimum absolute atomic E-state index is 0.194. The number of hydrogen-bond donors (Lipinski definition) is 1. The van der Waals surface area contributed by atoms with E-state index in [4.69, 9.17) is 5.26 Å². The monoisotopic (exact) mass is 202 g/mol. The molecule has 1 unspecified atom stereocenters. The Balaban J connectivity index is 2.50. The van der Waals surface area contributed by atoms with E-state index in [1.54, 1.807) is 0 Å². The average molecular weight is 202 g/mol. The van der Waals surface area contributed by atoms with E-state index in [0.717, 1.165) is 12.8 Å². The van der Waals surface area contributed by atoms with Gasteiger partial charge >= 0.3 is 0 Å². The molecular weight excluding hydrogens is 188 g/mol. The Labute approximate surface area is 79.0 Å². The molecule has 1 atom stereocenters. The first-order chi connectivity index (χ1) is 6.10. The van der Waals surface area contributed by atoms with E-state index in [-0.39, 0.29) is 17.7 Å². The largest absolute Gasteiger partial charge is 0.214 e. The first kappa shape index (κ1) is 10.5. The molecule has 0 aromatic carbocycles. The molecule has 4 nitrogen and oxygen atoms in total. The second-order valence-electron chi connectivity index (χ2n) is 3.33. The SMILES string of the molecule is CCC(CC#N)NS(=O)(=O)C1CC1. The summed E-state index contributed by atoms with van der Waals surface area (Å²) in [6, 6.07) is 1.76. The Morgan fingerprint density at radius 1 is 1.62 bits per heavy atom. The number of nitrogens with one attached hydrogen (secondary N) is 1. The predicted molar refractivity (Wildman–Crippen MR) is 49.4 cm³/mol. The number of sulfonamides is 1. The normalized spacial score (nSPS) is 19.4. The fourth-order valence-electron chi connectivity index (χ4n) is 1.09. The molecule has 1 rings (SSSR count). The number of nitrogens with zero attached hydrogens (tertiary/aromatic N) is 1. The van der Waals surface area contributed by atoms with Gasteiger partial charge in [-0.1, -0.05) is 6.92 Å². The first-order valence-corrected chi connectivity index (χ1v) is 6.03. The zero-order valence-corrected chi connectivity index (χ0v) is 8.47. The lowest BCUT2D eigenvalue weighted by Gasteiger charge is -2.12. The molecule has 1 aliphatic carbocycles. The molecule has 0 radical (unpaired) electrons. The zero-order chi connectivity index (χ0) is 9.90. The molecule has 13 heavy (non-hydrogen) atoms. The summed E-state index contributed by atoms with van der Waals surface area (Å²) in [5.74, 6) is 0. The maximum Gasteiger partial charge on any atom is 0.214 e. The first-order valence-electron chi connectivity index (χ1n) is 4.48. The highest BCUT2D eigenvalue weighted by molar-refractivity contribution is 7.90. The van der Waals surface area contributed by atoms with Crippen molar-refractivity contribution in [1.82, 2.24) is 4.72 Å². The zero-order valence-electron chi connectivity index (χ0n) is 7.66. The standard InChI is InChI=1S/C8H14N2O2S/c1-2-7(5-6-9)10-13(11,12)8-3-4-8/h7-8,10H,2-5H2,1H3. The Morgan fingerprint density at radius 2 is 2.23 bits per heavy atom. The summed E-state index contributed by atoms with van der Waals surface area (Å²) in [5.41, 5.74) is 0. The van der Waals surface area contributed by atoms with Gasteiger partial charge < -0.3 is 0 Å². The van der Waals surface area contributed by atoms with Crippen LogP contribution in [0.2, 0.25) is 0 Å². The van der Waals surface area contributed by atoms with Gasteiger partial charge in [0.15, 0.2) is 0 Å². The molecule has 1 saturated carbocycles. The van der Waals surface area contributed by atoms with Crippen LogP contribution in [0, 0.1) is 11.3 Å². The summed E-state index contributed by atoms with van der Waals surface area (Å²) in [4.78, 5) is 0. The molecule has 0 aromatic heterocycles. The van der Waals surface area contributed by atoms with E-state index in [2.05, 4.69) is 4.72 Å². The van der Waals surface area contributed by atoms with Crippen molar-refractivity contribution in [1.29, 1.82) is 5.26 Å². The highest BCUT2D eigenvalue weighted by Crippen LogP contribution is 2.27. The molecular formula is C8H14N2O2S. The third kappa shape index (κ3) is 2.98. The molecule has 74 valence electrons. The Morgan fingerprint density at radius 3 is 2.62 bits per heavy atom. The summed E-state index contributed by atoms with van der Waals surface area (Å²) in [6.07, 6.45) is 2.44. The number of nitriles is 1. The summed E-state index contributed by atoms with van der Waals surface area (Å²) in [6.45, 7) is 1.87. The molecule has 0 spiro atoms. The third-order valence-electron chi connectivity index (χ3n) is 2.12. The average Bonchev–Trinajstić information content (AvgIpc) is 2.85. The van der Waals surface area contributed by atoms with Crippen LogP contribution < -0.4 is 4.72 Å². The maximum atomic E-state index is 11.4. The van der Waals surface area contributed by atoms with Crippen molar-refractivity contribution >= 4 is 10.0 Å². The Kier molecular flexibility index (Phi) is 3.28. The van der Waals surface area contributed by atoms with Crippen molar-refractivity contribution in [3.8, 4) is 6.07 Å². The topological polar surface area (TPSA) is 70.0 Å². The fourth-order valence-corrected chi connectivity index (χ4v) is 2.75. The van der Waals surface area contributed by atoms with E-state index < -0.39 is 10.0 Å². The van der Waals surface area contributed by atoms with E-state index >= 15 is 0 Å². The van der Waals surface area contributed by atoms with Crippen LogP contribution in [0.25, 0.3) is 0 Å². The van der Waals surface area contributed by atoms with Crippen LogP contribution in [0.15, 0.2) is 0 Å². The second-order valence-corrected chi connectivity index (χ2v) is 5.32.